The van der Waals surface area contributed by atoms with E-state index in [0.717, 1.165) is 33.8 Å². The summed E-state index contributed by atoms with van der Waals surface area (Å²) in [5.41, 5.74) is 1.77. The molecule has 3 rings (SSSR count). The second kappa shape index (κ2) is 9.71. The molecule has 0 spiro atoms. The molecule has 0 bridgehead atoms. The lowest BCUT2D eigenvalue weighted by molar-refractivity contribution is -0.856. The van der Waals surface area contributed by atoms with Crippen LogP contribution in [0.3, 0.4) is 0 Å². The van der Waals surface area contributed by atoms with Gasteiger partial charge in [0.25, 0.3) is 0 Å². The zero-order valence-electron chi connectivity index (χ0n) is 17.4. The highest BCUT2D eigenvalue weighted by atomic mass is 32.1. The van der Waals surface area contributed by atoms with E-state index in [-0.39, 0.29) is 5.91 Å². The van der Waals surface area contributed by atoms with Crippen molar-refractivity contribution in [3.8, 4) is 11.5 Å². The number of amides is 1. The van der Waals surface area contributed by atoms with Crippen LogP contribution in [0.25, 0.3) is 10.2 Å². The minimum absolute atomic E-state index is 0.0356. The molecule has 29 heavy (non-hydrogen) atoms. The number of carbonyl (C=O) groups excluding carboxylic acids is 1. The molecule has 6 nitrogen and oxygen atoms in total. The average Bonchev–Trinajstić information content (AvgIpc) is 3.13. The Labute approximate surface area is 175 Å². The largest absolute Gasteiger partial charge is 0.497 e. The van der Waals surface area contributed by atoms with E-state index in [1.165, 1.54) is 16.2 Å². The fourth-order valence-electron chi connectivity index (χ4n) is 2.97. The highest BCUT2D eigenvalue weighted by Crippen LogP contribution is 2.34. The monoisotopic (exact) mass is 414 g/mol. The molecule has 0 aliphatic heterocycles. The van der Waals surface area contributed by atoms with Crippen molar-refractivity contribution in [3.63, 3.8) is 0 Å². The lowest BCUT2D eigenvalue weighted by atomic mass is 10.1. The highest BCUT2D eigenvalue weighted by Gasteiger charge is 2.22. The summed E-state index contributed by atoms with van der Waals surface area (Å²) in [4.78, 5) is 21.0. The van der Waals surface area contributed by atoms with Gasteiger partial charge in [-0.25, -0.2) is 4.98 Å². The maximum atomic E-state index is 13.2. The molecule has 0 aliphatic carbocycles. The molecule has 0 unspecified atom stereocenters. The first-order valence-electron chi connectivity index (χ1n) is 9.76. The summed E-state index contributed by atoms with van der Waals surface area (Å²) in [6.45, 7) is 3.98. The molecule has 0 fully saturated rings. The molecule has 3 aromatic rings. The number of para-hydroxylation sites is 1. The number of benzene rings is 2. The SMILES string of the molecule is CCOc1cccc2sc(N(CC[NH+](C)C)C(=O)Cc3ccc(OC)cc3)nc12. The van der Waals surface area contributed by atoms with E-state index in [0.29, 0.717) is 24.7 Å². The van der Waals surface area contributed by atoms with Crippen LogP contribution in [-0.2, 0) is 11.2 Å². The van der Waals surface area contributed by atoms with Crippen molar-refractivity contribution in [3.05, 3.63) is 48.0 Å². The molecule has 0 radical (unpaired) electrons. The van der Waals surface area contributed by atoms with Crippen LogP contribution in [0.4, 0.5) is 5.13 Å². The standard InChI is InChI=1S/C22H27N3O3S/c1-5-28-18-7-6-8-19-21(18)23-22(29-19)25(14-13-24(2)3)20(26)15-16-9-11-17(27-4)12-10-16/h6-12H,5,13-15H2,1-4H3/p+1. The van der Waals surface area contributed by atoms with Crippen LogP contribution in [0.5, 0.6) is 11.5 Å². The Morgan fingerprint density at radius 3 is 2.59 bits per heavy atom. The fraction of sp³-hybridized carbons (Fsp3) is 0.364. The number of ether oxygens (including phenoxy) is 2. The second-order valence-electron chi connectivity index (χ2n) is 7.06. The van der Waals surface area contributed by atoms with E-state index in [1.54, 1.807) is 12.0 Å². The molecule has 0 saturated carbocycles. The van der Waals surface area contributed by atoms with Gasteiger partial charge in [0.2, 0.25) is 5.91 Å². The Bertz CT molecular complexity index is 954. The van der Waals surface area contributed by atoms with Gasteiger partial charge < -0.3 is 14.4 Å². The van der Waals surface area contributed by atoms with Gasteiger partial charge in [-0.05, 0) is 36.8 Å². The maximum absolute atomic E-state index is 13.2. The van der Waals surface area contributed by atoms with E-state index in [1.807, 2.05) is 49.4 Å². The second-order valence-corrected chi connectivity index (χ2v) is 8.07. The molecule has 0 aliphatic rings. The normalized spacial score (nSPS) is 11.1. The van der Waals surface area contributed by atoms with Crippen LogP contribution < -0.4 is 19.3 Å². The maximum Gasteiger partial charge on any atom is 0.233 e. The predicted molar refractivity (Wildman–Crippen MR) is 118 cm³/mol. The van der Waals surface area contributed by atoms with Gasteiger partial charge >= 0.3 is 0 Å². The first kappa shape index (κ1) is 21.1. The van der Waals surface area contributed by atoms with Crippen LogP contribution >= 0.6 is 11.3 Å². The van der Waals surface area contributed by atoms with E-state index >= 15 is 0 Å². The minimum Gasteiger partial charge on any atom is -0.497 e. The van der Waals surface area contributed by atoms with Crippen molar-refractivity contribution in [1.82, 2.24) is 4.98 Å². The Balaban J connectivity index is 1.88. The molecule has 0 saturated heterocycles. The summed E-state index contributed by atoms with van der Waals surface area (Å²) in [5, 5.41) is 0.715. The van der Waals surface area contributed by atoms with Crippen LogP contribution in [0.15, 0.2) is 42.5 Å². The predicted octanol–water partition coefficient (Wildman–Crippen LogP) is 2.42. The lowest BCUT2D eigenvalue weighted by Gasteiger charge is -2.20. The number of hydrogen-bond donors (Lipinski definition) is 1. The van der Waals surface area contributed by atoms with E-state index in [9.17, 15) is 4.79 Å². The summed E-state index contributed by atoms with van der Waals surface area (Å²) < 4.78 is 11.9. The van der Waals surface area contributed by atoms with Crippen molar-refractivity contribution >= 4 is 32.6 Å². The van der Waals surface area contributed by atoms with Gasteiger partial charge in [-0.15, -0.1) is 0 Å². The number of aromatic nitrogens is 1. The van der Waals surface area contributed by atoms with Crippen LogP contribution in [0, 0.1) is 0 Å². The third-order valence-electron chi connectivity index (χ3n) is 4.55. The Hall–Kier alpha value is -2.64. The van der Waals surface area contributed by atoms with Gasteiger partial charge in [-0.2, -0.15) is 0 Å². The number of methoxy groups -OCH3 is 1. The van der Waals surface area contributed by atoms with Gasteiger partial charge in [0, 0.05) is 0 Å². The lowest BCUT2D eigenvalue weighted by Crippen LogP contribution is -3.06. The number of thiazole rings is 1. The Morgan fingerprint density at radius 1 is 1.17 bits per heavy atom. The first-order chi connectivity index (χ1) is 14.0. The third kappa shape index (κ3) is 5.25. The number of anilines is 1. The van der Waals surface area contributed by atoms with Crippen molar-refractivity contribution in [2.45, 2.75) is 13.3 Å². The molecule has 1 heterocycles. The van der Waals surface area contributed by atoms with Crippen LogP contribution in [0.2, 0.25) is 0 Å². The van der Waals surface area contributed by atoms with Crippen molar-refractivity contribution in [2.75, 3.05) is 45.8 Å². The molecule has 2 aromatic carbocycles. The summed E-state index contributed by atoms with van der Waals surface area (Å²) in [5.74, 6) is 1.57. The van der Waals surface area contributed by atoms with Crippen molar-refractivity contribution in [1.29, 1.82) is 0 Å². The van der Waals surface area contributed by atoms with Gasteiger partial charge in [0.05, 0.1) is 52.0 Å². The van der Waals surface area contributed by atoms with E-state index < -0.39 is 0 Å². The van der Waals surface area contributed by atoms with Gasteiger partial charge in [0.1, 0.15) is 17.0 Å². The smallest absolute Gasteiger partial charge is 0.233 e. The minimum atomic E-state index is 0.0356. The molecular formula is C22H28N3O3S+. The fourth-order valence-corrected chi connectivity index (χ4v) is 4.00. The summed E-state index contributed by atoms with van der Waals surface area (Å²) >= 11 is 1.53. The quantitative estimate of drug-likeness (QED) is 0.584. The van der Waals surface area contributed by atoms with Crippen molar-refractivity contribution in [2.24, 2.45) is 0 Å². The number of likely N-dealkylation sites (N-methyl/N-ethyl adjacent to an activating group) is 1. The number of carbonyl (C=O) groups is 1. The first-order valence-corrected chi connectivity index (χ1v) is 10.6. The summed E-state index contributed by atoms with van der Waals surface area (Å²) in [7, 11) is 5.80. The molecule has 7 heteroatoms. The number of rotatable bonds is 9. The van der Waals surface area contributed by atoms with Gasteiger partial charge in [-0.3, -0.25) is 9.69 Å². The number of hydrogen-bond acceptors (Lipinski definition) is 5. The molecule has 0 atom stereocenters. The summed E-state index contributed by atoms with van der Waals surface area (Å²) in [6.07, 6.45) is 0.320. The zero-order chi connectivity index (χ0) is 20.8. The molecular weight excluding hydrogens is 386 g/mol. The third-order valence-corrected chi connectivity index (χ3v) is 5.60. The number of quaternary nitrogens is 1. The number of fused-ring (bicyclic) bond motifs is 1. The van der Waals surface area contributed by atoms with Crippen LogP contribution in [0.1, 0.15) is 12.5 Å². The molecule has 154 valence electrons. The van der Waals surface area contributed by atoms with Gasteiger partial charge in [0.15, 0.2) is 5.13 Å². The molecule has 1 N–H and O–H groups in total. The number of nitrogens with one attached hydrogen (secondary N) is 1. The number of nitrogens with zero attached hydrogens (tertiary/aromatic N) is 2. The zero-order valence-corrected chi connectivity index (χ0v) is 18.2. The van der Waals surface area contributed by atoms with E-state index in [4.69, 9.17) is 14.5 Å². The Morgan fingerprint density at radius 2 is 1.93 bits per heavy atom. The highest BCUT2D eigenvalue weighted by molar-refractivity contribution is 7.22. The van der Waals surface area contributed by atoms with Crippen LogP contribution in [-0.4, -0.2) is 51.8 Å². The molecule has 1 amide bonds. The van der Waals surface area contributed by atoms with Gasteiger partial charge in [-0.1, -0.05) is 29.5 Å². The summed E-state index contributed by atoms with van der Waals surface area (Å²) in [6, 6.07) is 13.5. The van der Waals surface area contributed by atoms with E-state index in [2.05, 4.69) is 14.1 Å². The average molecular weight is 415 g/mol. The topological polar surface area (TPSA) is 56.1 Å². The van der Waals surface area contributed by atoms with Crippen molar-refractivity contribution < 1.29 is 19.2 Å². The molecule has 1 aromatic heterocycles. The Kier molecular flexibility index (Phi) is 7.06.